The standard InChI is InChI=1S/C13H9Cl3S/c1-17-11-7-2-4-8(13(11)16)12-9(14)5-3-6-10(12)15/h2-7H,1H3. The molecule has 4 heteroatoms. The van der Waals surface area contributed by atoms with Crippen LogP contribution >= 0.6 is 46.6 Å². The van der Waals surface area contributed by atoms with Gasteiger partial charge in [0.2, 0.25) is 0 Å². The summed E-state index contributed by atoms with van der Waals surface area (Å²) in [4.78, 5) is 1.01. The molecule has 2 aromatic carbocycles. The fourth-order valence-corrected chi connectivity index (χ4v) is 3.17. The summed E-state index contributed by atoms with van der Waals surface area (Å²) in [7, 11) is 0. The lowest BCUT2D eigenvalue weighted by molar-refractivity contribution is 1.46. The third-order valence-electron chi connectivity index (χ3n) is 2.42. The summed E-state index contributed by atoms with van der Waals surface area (Å²) in [5.41, 5.74) is 1.66. The predicted octanol–water partition coefficient (Wildman–Crippen LogP) is 6.04. The first-order valence-corrected chi connectivity index (χ1v) is 7.28. The number of halogens is 3. The molecule has 0 nitrogen and oxygen atoms in total. The zero-order valence-corrected chi connectivity index (χ0v) is 12.1. The van der Waals surface area contributed by atoms with Gasteiger partial charge in [-0.25, -0.2) is 0 Å². The van der Waals surface area contributed by atoms with Crippen LogP contribution < -0.4 is 0 Å². The molecule has 0 atom stereocenters. The van der Waals surface area contributed by atoms with Gasteiger partial charge in [0, 0.05) is 26.1 Å². The van der Waals surface area contributed by atoms with Crippen LogP contribution in [0.1, 0.15) is 0 Å². The highest BCUT2D eigenvalue weighted by Crippen LogP contribution is 2.41. The van der Waals surface area contributed by atoms with Crippen LogP contribution in [-0.4, -0.2) is 6.26 Å². The Morgan fingerprint density at radius 3 is 2.06 bits per heavy atom. The minimum Gasteiger partial charge on any atom is -0.128 e. The summed E-state index contributed by atoms with van der Waals surface area (Å²) in [5, 5.41) is 1.91. The minimum atomic E-state index is 0.609. The van der Waals surface area contributed by atoms with E-state index < -0.39 is 0 Å². The average molecular weight is 304 g/mol. The molecule has 17 heavy (non-hydrogen) atoms. The highest BCUT2D eigenvalue weighted by Gasteiger charge is 2.13. The monoisotopic (exact) mass is 302 g/mol. The summed E-state index contributed by atoms with van der Waals surface area (Å²) in [6.07, 6.45) is 1.99. The molecule has 0 aliphatic heterocycles. The molecule has 88 valence electrons. The second-order valence-corrected chi connectivity index (χ2v) is 5.46. The van der Waals surface area contributed by atoms with E-state index >= 15 is 0 Å². The van der Waals surface area contributed by atoms with Gasteiger partial charge in [0.15, 0.2) is 0 Å². The molecular formula is C13H9Cl3S. The Hall–Kier alpha value is -0.340. The molecule has 0 amide bonds. The Balaban J connectivity index is 2.69. The lowest BCUT2D eigenvalue weighted by atomic mass is 10.1. The average Bonchev–Trinajstić information content (AvgIpc) is 2.31. The van der Waals surface area contributed by atoms with Crippen LogP contribution in [0.5, 0.6) is 0 Å². The summed E-state index contributed by atoms with van der Waals surface area (Å²) < 4.78 is 0. The molecule has 0 N–H and O–H groups in total. The van der Waals surface area contributed by atoms with E-state index in [1.54, 1.807) is 11.8 Å². The first-order valence-electron chi connectivity index (χ1n) is 4.92. The molecule has 0 saturated heterocycles. The summed E-state index contributed by atoms with van der Waals surface area (Å²) in [6, 6.07) is 11.3. The van der Waals surface area contributed by atoms with Crippen molar-refractivity contribution < 1.29 is 0 Å². The van der Waals surface area contributed by atoms with E-state index in [0.717, 1.165) is 16.0 Å². The maximum atomic E-state index is 6.35. The Labute approximate surface area is 120 Å². The van der Waals surface area contributed by atoms with Gasteiger partial charge in [0.1, 0.15) is 0 Å². The Morgan fingerprint density at radius 2 is 1.47 bits per heavy atom. The van der Waals surface area contributed by atoms with Crippen molar-refractivity contribution in [2.45, 2.75) is 4.90 Å². The largest absolute Gasteiger partial charge is 0.128 e. The van der Waals surface area contributed by atoms with Crippen molar-refractivity contribution in [3.8, 4) is 11.1 Å². The first-order chi connectivity index (χ1) is 8.15. The zero-order chi connectivity index (χ0) is 12.4. The maximum absolute atomic E-state index is 6.35. The predicted molar refractivity (Wildman–Crippen MR) is 78.7 cm³/mol. The van der Waals surface area contributed by atoms with Crippen molar-refractivity contribution in [1.82, 2.24) is 0 Å². The molecule has 2 rings (SSSR count). The molecule has 0 bridgehead atoms. The Morgan fingerprint density at radius 1 is 0.882 bits per heavy atom. The van der Waals surface area contributed by atoms with Crippen LogP contribution in [0.2, 0.25) is 15.1 Å². The van der Waals surface area contributed by atoms with Gasteiger partial charge >= 0.3 is 0 Å². The molecule has 0 saturated carbocycles. The zero-order valence-electron chi connectivity index (χ0n) is 9.01. The molecule has 0 fully saturated rings. The van der Waals surface area contributed by atoms with Crippen molar-refractivity contribution >= 4 is 46.6 Å². The first kappa shape index (κ1) is 13.1. The number of hydrogen-bond acceptors (Lipinski definition) is 1. The van der Waals surface area contributed by atoms with Crippen LogP contribution in [0.4, 0.5) is 0 Å². The third-order valence-corrected chi connectivity index (χ3v) is 4.34. The van der Waals surface area contributed by atoms with Crippen LogP contribution in [0.3, 0.4) is 0 Å². The lowest BCUT2D eigenvalue weighted by Gasteiger charge is -2.11. The third kappa shape index (κ3) is 2.58. The van der Waals surface area contributed by atoms with E-state index in [-0.39, 0.29) is 0 Å². The number of thioether (sulfide) groups is 1. The number of rotatable bonds is 2. The molecular weight excluding hydrogens is 295 g/mol. The van der Waals surface area contributed by atoms with Gasteiger partial charge < -0.3 is 0 Å². The molecule has 0 aromatic heterocycles. The van der Waals surface area contributed by atoms with Gasteiger partial charge in [-0.1, -0.05) is 53.0 Å². The number of benzene rings is 2. The molecule has 2 aromatic rings. The fourth-order valence-electron chi connectivity index (χ4n) is 1.62. The molecule has 0 aliphatic rings. The van der Waals surface area contributed by atoms with Crippen LogP contribution in [0, 0.1) is 0 Å². The SMILES string of the molecule is CSc1cccc(-c2c(Cl)cccc2Cl)c1Cl. The van der Waals surface area contributed by atoms with Gasteiger partial charge in [-0.3, -0.25) is 0 Å². The highest BCUT2D eigenvalue weighted by atomic mass is 35.5. The summed E-state index contributed by atoms with van der Waals surface area (Å²) >= 11 is 20.3. The fraction of sp³-hybridized carbons (Fsp3) is 0.0769. The second-order valence-electron chi connectivity index (χ2n) is 3.42. The normalized spacial score (nSPS) is 10.6. The van der Waals surface area contributed by atoms with Gasteiger partial charge in [0.05, 0.1) is 5.02 Å². The molecule has 0 radical (unpaired) electrons. The smallest absolute Gasteiger partial charge is 0.0621 e. The van der Waals surface area contributed by atoms with Crippen LogP contribution in [-0.2, 0) is 0 Å². The highest BCUT2D eigenvalue weighted by molar-refractivity contribution is 7.98. The van der Waals surface area contributed by atoms with Crippen molar-refractivity contribution in [3.63, 3.8) is 0 Å². The molecule has 0 aliphatic carbocycles. The van der Waals surface area contributed by atoms with E-state index in [1.165, 1.54) is 0 Å². The van der Waals surface area contributed by atoms with Crippen molar-refractivity contribution in [3.05, 3.63) is 51.5 Å². The minimum absolute atomic E-state index is 0.609. The topological polar surface area (TPSA) is 0 Å². The Kier molecular flexibility index (Phi) is 4.26. The van der Waals surface area contributed by atoms with Gasteiger partial charge in [0.25, 0.3) is 0 Å². The van der Waals surface area contributed by atoms with E-state index in [0.29, 0.717) is 15.1 Å². The van der Waals surface area contributed by atoms with Gasteiger partial charge in [-0.2, -0.15) is 0 Å². The van der Waals surface area contributed by atoms with Crippen LogP contribution in [0.15, 0.2) is 41.3 Å². The van der Waals surface area contributed by atoms with Crippen molar-refractivity contribution in [2.24, 2.45) is 0 Å². The van der Waals surface area contributed by atoms with E-state index in [4.69, 9.17) is 34.8 Å². The molecule has 0 spiro atoms. The molecule has 0 heterocycles. The number of hydrogen-bond donors (Lipinski definition) is 0. The van der Waals surface area contributed by atoms with Crippen molar-refractivity contribution in [2.75, 3.05) is 6.26 Å². The second kappa shape index (κ2) is 5.53. The van der Waals surface area contributed by atoms with Crippen molar-refractivity contribution in [1.29, 1.82) is 0 Å². The van der Waals surface area contributed by atoms with Gasteiger partial charge in [-0.05, 0) is 24.5 Å². The maximum Gasteiger partial charge on any atom is 0.0621 e. The Bertz CT molecular complexity index is 532. The van der Waals surface area contributed by atoms with E-state index in [9.17, 15) is 0 Å². The quantitative estimate of drug-likeness (QED) is 0.610. The summed E-state index contributed by atoms with van der Waals surface area (Å²) in [6.45, 7) is 0. The van der Waals surface area contributed by atoms with E-state index in [1.807, 2.05) is 42.7 Å². The molecule has 0 unspecified atom stereocenters. The van der Waals surface area contributed by atoms with Gasteiger partial charge in [-0.15, -0.1) is 11.8 Å². The lowest BCUT2D eigenvalue weighted by Crippen LogP contribution is -1.85. The van der Waals surface area contributed by atoms with Crippen LogP contribution in [0.25, 0.3) is 11.1 Å². The van der Waals surface area contributed by atoms with E-state index in [2.05, 4.69) is 0 Å². The summed E-state index contributed by atoms with van der Waals surface area (Å²) in [5.74, 6) is 0.